The highest BCUT2D eigenvalue weighted by molar-refractivity contribution is 5.92. The normalized spacial score (nSPS) is 16.1. The van der Waals surface area contributed by atoms with Crippen molar-refractivity contribution in [3.05, 3.63) is 28.4 Å². The predicted octanol–water partition coefficient (Wildman–Crippen LogP) is -0.998. The van der Waals surface area contributed by atoms with Crippen LogP contribution in [0.3, 0.4) is 0 Å². The molecule has 0 aromatic carbocycles. The zero-order valence-electron chi connectivity index (χ0n) is 10.9. The smallest absolute Gasteiger partial charge is 0.304 e. The van der Waals surface area contributed by atoms with Gasteiger partial charge in [-0.2, -0.15) is 0 Å². The molecule has 2 rings (SSSR count). The molecule has 0 spiro atoms. The van der Waals surface area contributed by atoms with Gasteiger partial charge in [-0.15, -0.1) is 0 Å². The Morgan fingerprint density at radius 2 is 2.00 bits per heavy atom. The van der Waals surface area contributed by atoms with Gasteiger partial charge in [0.15, 0.2) is 0 Å². The lowest BCUT2D eigenvalue weighted by atomic mass is 10.2. The van der Waals surface area contributed by atoms with E-state index in [1.807, 2.05) is 4.90 Å². The minimum atomic E-state index is -0.819. The number of carbonyl (C=O) groups is 2. The van der Waals surface area contributed by atoms with Crippen molar-refractivity contribution in [3.63, 3.8) is 0 Å². The van der Waals surface area contributed by atoms with Crippen molar-refractivity contribution < 1.29 is 14.7 Å². The molecule has 1 aromatic heterocycles. The Hall–Kier alpha value is -2.22. The van der Waals surface area contributed by atoms with Crippen LogP contribution in [0.5, 0.6) is 0 Å². The van der Waals surface area contributed by atoms with Gasteiger partial charge >= 0.3 is 5.97 Å². The number of hydrogen-bond donors (Lipinski definition) is 2. The van der Waals surface area contributed by atoms with Gasteiger partial charge in [-0.05, 0) is 0 Å². The summed E-state index contributed by atoms with van der Waals surface area (Å²) in [5.74, 6) is -1.04. The topological polar surface area (TPSA) is 107 Å². The van der Waals surface area contributed by atoms with Gasteiger partial charge in [0.25, 0.3) is 11.5 Å². The van der Waals surface area contributed by atoms with Gasteiger partial charge in [0, 0.05) is 38.9 Å². The first-order chi connectivity index (χ1) is 9.56. The van der Waals surface area contributed by atoms with Crippen molar-refractivity contribution in [2.45, 2.75) is 6.42 Å². The molecule has 0 unspecified atom stereocenters. The number of rotatable bonds is 4. The molecular weight excluding hydrogens is 264 g/mol. The average molecular weight is 280 g/mol. The van der Waals surface area contributed by atoms with Crippen LogP contribution in [0.25, 0.3) is 0 Å². The highest BCUT2D eigenvalue weighted by atomic mass is 16.4. The SMILES string of the molecule is O=C(O)CCN1CCN(C(=O)c2c[nH]c(=O)cn2)CC1. The van der Waals surface area contributed by atoms with E-state index in [1.54, 1.807) is 4.90 Å². The number of nitrogens with one attached hydrogen (secondary N) is 1. The third-order valence-corrected chi connectivity index (χ3v) is 3.19. The van der Waals surface area contributed by atoms with Crippen LogP contribution in [-0.4, -0.2) is 69.5 Å². The number of carboxylic acid groups (broad SMARTS) is 1. The Morgan fingerprint density at radius 1 is 1.30 bits per heavy atom. The summed E-state index contributed by atoms with van der Waals surface area (Å²) in [4.78, 5) is 43.4. The van der Waals surface area contributed by atoms with Gasteiger partial charge in [0.2, 0.25) is 0 Å². The minimum Gasteiger partial charge on any atom is -0.481 e. The van der Waals surface area contributed by atoms with E-state index in [1.165, 1.54) is 6.20 Å². The number of aliphatic carboxylic acids is 1. The molecule has 1 aliphatic heterocycles. The van der Waals surface area contributed by atoms with Crippen LogP contribution in [0.1, 0.15) is 16.9 Å². The van der Waals surface area contributed by atoms with E-state index in [2.05, 4.69) is 9.97 Å². The number of carboxylic acids is 1. The monoisotopic (exact) mass is 280 g/mol. The van der Waals surface area contributed by atoms with E-state index in [0.29, 0.717) is 32.7 Å². The molecule has 1 saturated heterocycles. The van der Waals surface area contributed by atoms with Crippen LogP contribution in [-0.2, 0) is 4.79 Å². The molecule has 0 bridgehead atoms. The van der Waals surface area contributed by atoms with Gasteiger partial charge in [0.1, 0.15) is 5.69 Å². The first-order valence-electron chi connectivity index (χ1n) is 6.34. The van der Waals surface area contributed by atoms with Crippen molar-refractivity contribution in [3.8, 4) is 0 Å². The summed E-state index contributed by atoms with van der Waals surface area (Å²) in [5.41, 5.74) is -0.136. The van der Waals surface area contributed by atoms with Gasteiger partial charge in [-0.3, -0.25) is 19.3 Å². The molecule has 1 aliphatic rings. The first-order valence-corrected chi connectivity index (χ1v) is 6.34. The standard InChI is InChI=1S/C12H16N4O4/c17-10-8-13-9(7-14-10)12(20)16-5-3-15(4-6-16)2-1-11(18)19/h7-8H,1-6H2,(H,14,17)(H,18,19). The van der Waals surface area contributed by atoms with Crippen LogP contribution in [0.4, 0.5) is 0 Å². The first kappa shape index (κ1) is 14.2. The molecule has 2 N–H and O–H groups in total. The number of carbonyl (C=O) groups excluding carboxylic acids is 1. The molecule has 1 fully saturated rings. The third-order valence-electron chi connectivity index (χ3n) is 3.19. The van der Waals surface area contributed by atoms with Crippen molar-refractivity contribution in [2.24, 2.45) is 0 Å². The number of piperazine rings is 1. The molecule has 8 heteroatoms. The van der Waals surface area contributed by atoms with Crippen LogP contribution >= 0.6 is 0 Å². The molecule has 0 atom stereocenters. The second-order valence-corrected chi connectivity index (χ2v) is 4.57. The zero-order valence-corrected chi connectivity index (χ0v) is 10.9. The fraction of sp³-hybridized carbons (Fsp3) is 0.500. The quantitative estimate of drug-likeness (QED) is 0.733. The summed E-state index contributed by atoms with van der Waals surface area (Å²) in [6, 6.07) is 0. The van der Waals surface area contributed by atoms with E-state index in [0.717, 1.165) is 6.20 Å². The number of nitrogens with zero attached hydrogens (tertiary/aromatic N) is 3. The lowest BCUT2D eigenvalue weighted by Gasteiger charge is -2.34. The Morgan fingerprint density at radius 3 is 2.55 bits per heavy atom. The van der Waals surface area contributed by atoms with Crippen LogP contribution in [0, 0.1) is 0 Å². The zero-order chi connectivity index (χ0) is 14.5. The Labute approximate surface area is 115 Å². The summed E-state index contributed by atoms with van der Waals surface area (Å²) in [7, 11) is 0. The van der Waals surface area contributed by atoms with E-state index in [4.69, 9.17) is 5.11 Å². The molecule has 1 aromatic rings. The third kappa shape index (κ3) is 3.64. The molecule has 108 valence electrons. The molecule has 0 saturated carbocycles. The summed E-state index contributed by atoms with van der Waals surface area (Å²) < 4.78 is 0. The van der Waals surface area contributed by atoms with Crippen molar-refractivity contribution in [1.29, 1.82) is 0 Å². The predicted molar refractivity (Wildman–Crippen MR) is 69.5 cm³/mol. The summed E-state index contributed by atoms with van der Waals surface area (Å²) in [6.07, 6.45) is 2.49. The fourth-order valence-corrected chi connectivity index (χ4v) is 2.05. The van der Waals surface area contributed by atoms with Gasteiger partial charge in [-0.1, -0.05) is 0 Å². The summed E-state index contributed by atoms with van der Waals surface area (Å²) in [5, 5.41) is 8.63. The molecule has 1 amide bonds. The highest BCUT2D eigenvalue weighted by Crippen LogP contribution is 2.06. The maximum Gasteiger partial charge on any atom is 0.304 e. The fourth-order valence-electron chi connectivity index (χ4n) is 2.05. The van der Waals surface area contributed by atoms with Gasteiger partial charge < -0.3 is 15.0 Å². The Balaban J connectivity index is 1.87. The van der Waals surface area contributed by atoms with Crippen LogP contribution in [0.15, 0.2) is 17.2 Å². The number of aromatic amines is 1. The van der Waals surface area contributed by atoms with Gasteiger partial charge in [-0.25, -0.2) is 4.98 Å². The van der Waals surface area contributed by atoms with Crippen molar-refractivity contribution >= 4 is 11.9 Å². The van der Waals surface area contributed by atoms with Crippen LogP contribution < -0.4 is 5.56 Å². The molecule has 20 heavy (non-hydrogen) atoms. The summed E-state index contributed by atoms with van der Waals surface area (Å²) in [6.45, 7) is 2.83. The maximum absolute atomic E-state index is 12.1. The minimum absolute atomic E-state index is 0.107. The van der Waals surface area contributed by atoms with E-state index in [-0.39, 0.29) is 23.6 Å². The Kier molecular flexibility index (Phi) is 4.46. The number of hydrogen-bond acceptors (Lipinski definition) is 5. The molecular formula is C12H16N4O4. The van der Waals surface area contributed by atoms with E-state index >= 15 is 0 Å². The maximum atomic E-state index is 12.1. The number of aromatic nitrogens is 2. The molecule has 0 aliphatic carbocycles. The molecule has 2 heterocycles. The van der Waals surface area contributed by atoms with E-state index < -0.39 is 5.97 Å². The van der Waals surface area contributed by atoms with Gasteiger partial charge in [0.05, 0.1) is 12.6 Å². The molecule has 0 radical (unpaired) electrons. The lowest BCUT2D eigenvalue weighted by Crippen LogP contribution is -2.49. The second kappa shape index (κ2) is 6.29. The largest absolute Gasteiger partial charge is 0.481 e. The van der Waals surface area contributed by atoms with E-state index in [9.17, 15) is 14.4 Å². The lowest BCUT2D eigenvalue weighted by molar-refractivity contribution is -0.137. The van der Waals surface area contributed by atoms with Crippen LogP contribution in [0.2, 0.25) is 0 Å². The second-order valence-electron chi connectivity index (χ2n) is 4.57. The van der Waals surface area contributed by atoms with Crippen molar-refractivity contribution in [2.75, 3.05) is 32.7 Å². The molecule has 8 nitrogen and oxygen atoms in total. The highest BCUT2D eigenvalue weighted by Gasteiger charge is 2.23. The number of amides is 1. The Bertz CT molecular complexity index is 528. The summed E-state index contributed by atoms with van der Waals surface area (Å²) >= 11 is 0. The van der Waals surface area contributed by atoms with Crippen molar-refractivity contribution in [1.82, 2.24) is 19.8 Å². The number of H-pyrrole nitrogens is 1. The average Bonchev–Trinajstić information content (AvgIpc) is 2.46.